The Morgan fingerprint density at radius 2 is 2.07 bits per heavy atom. The van der Waals surface area contributed by atoms with Crippen LogP contribution < -0.4 is 5.32 Å². The van der Waals surface area contributed by atoms with Gasteiger partial charge in [-0.3, -0.25) is 4.90 Å². The van der Waals surface area contributed by atoms with Crippen molar-refractivity contribution in [1.29, 1.82) is 0 Å². The summed E-state index contributed by atoms with van der Waals surface area (Å²) in [4.78, 5) is 11.1. The lowest BCUT2D eigenvalue weighted by atomic mass is 10.2. The van der Waals surface area contributed by atoms with Gasteiger partial charge in [0.25, 0.3) is 0 Å². The lowest BCUT2D eigenvalue weighted by Crippen LogP contribution is -2.43. The first-order chi connectivity index (χ1) is 14.3. The van der Waals surface area contributed by atoms with Crippen LogP contribution in [-0.4, -0.2) is 55.7 Å². The molecular formula is C20H21N7O2. The molecule has 148 valence electrons. The van der Waals surface area contributed by atoms with Crippen LogP contribution in [0.2, 0.25) is 0 Å². The molecule has 0 unspecified atom stereocenters. The topological polar surface area (TPSA) is 94.1 Å². The maximum absolute atomic E-state index is 5.96. The number of fused-ring (bicyclic) bond motifs is 1. The Kier molecular flexibility index (Phi) is 4.89. The third kappa shape index (κ3) is 3.96. The zero-order valence-corrected chi connectivity index (χ0v) is 15.8. The number of furan rings is 1. The van der Waals surface area contributed by atoms with E-state index in [9.17, 15) is 0 Å². The van der Waals surface area contributed by atoms with Crippen LogP contribution in [0.4, 0.5) is 11.5 Å². The van der Waals surface area contributed by atoms with E-state index in [0.29, 0.717) is 30.1 Å². The number of nitrogens with zero attached hydrogens (tertiary/aromatic N) is 6. The monoisotopic (exact) mass is 391 g/mol. The summed E-state index contributed by atoms with van der Waals surface area (Å²) in [5.74, 6) is 0.638. The van der Waals surface area contributed by atoms with Crippen LogP contribution >= 0.6 is 0 Å². The van der Waals surface area contributed by atoms with Gasteiger partial charge in [-0.1, -0.05) is 23.4 Å². The number of anilines is 2. The molecule has 9 nitrogen and oxygen atoms in total. The van der Waals surface area contributed by atoms with Crippen molar-refractivity contribution in [3.63, 3.8) is 0 Å². The Morgan fingerprint density at radius 3 is 2.93 bits per heavy atom. The summed E-state index contributed by atoms with van der Waals surface area (Å²) in [6.45, 7) is 3.83. The second-order valence-electron chi connectivity index (χ2n) is 7.02. The minimum atomic E-state index is 0.0149. The molecule has 4 aromatic rings. The quantitative estimate of drug-likeness (QED) is 0.536. The molecule has 0 radical (unpaired) electrons. The molecule has 1 N–H and O–H groups in total. The molecule has 1 atom stereocenters. The molecule has 0 bridgehead atoms. The second-order valence-corrected chi connectivity index (χ2v) is 7.02. The Labute approximate surface area is 167 Å². The number of ether oxygens (including phenoxy) is 1. The van der Waals surface area contributed by atoms with Gasteiger partial charge in [0.2, 0.25) is 0 Å². The van der Waals surface area contributed by atoms with Gasteiger partial charge < -0.3 is 14.5 Å². The predicted octanol–water partition coefficient (Wildman–Crippen LogP) is 2.46. The van der Waals surface area contributed by atoms with Crippen LogP contribution in [0.3, 0.4) is 0 Å². The van der Waals surface area contributed by atoms with Gasteiger partial charge in [-0.2, -0.15) is 0 Å². The van der Waals surface area contributed by atoms with Gasteiger partial charge in [0.15, 0.2) is 17.0 Å². The summed E-state index contributed by atoms with van der Waals surface area (Å²) in [5.41, 5.74) is 3.44. The van der Waals surface area contributed by atoms with E-state index in [2.05, 4.69) is 30.5 Å². The van der Waals surface area contributed by atoms with Crippen molar-refractivity contribution in [3.8, 4) is 0 Å². The molecule has 1 aromatic carbocycles. The van der Waals surface area contributed by atoms with Gasteiger partial charge in [0.05, 0.1) is 31.8 Å². The zero-order chi connectivity index (χ0) is 19.5. The van der Waals surface area contributed by atoms with E-state index in [-0.39, 0.29) is 6.10 Å². The van der Waals surface area contributed by atoms with Crippen molar-refractivity contribution in [1.82, 2.24) is 29.9 Å². The number of hydrogen-bond acceptors (Lipinski definition) is 8. The molecule has 0 amide bonds. The maximum atomic E-state index is 5.96. The number of rotatable bonds is 6. The highest BCUT2D eigenvalue weighted by Crippen LogP contribution is 2.21. The lowest BCUT2D eigenvalue weighted by Gasteiger charge is -2.32. The van der Waals surface area contributed by atoms with E-state index in [1.54, 1.807) is 17.2 Å². The van der Waals surface area contributed by atoms with Crippen LogP contribution in [0, 0.1) is 0 Å². The normalized spacial score (nSPS) is 17.6. The summed E-state index contributed by atoms with van der Waals surface area (Å²) in [5, 5.41) is 11.9. The molecule has 9 heteroatoms. The van der Waals surface area contributed by atoms with Gasteiger partial charge in [-0.15, -0.1) is 5.10 Å². The predicted molar refractivity (Wildman–Crippen MR) is 107 cm³/mol. The average Bonchev–Trinajstić information content (AvgIpc) is 3.40. The molecule has 0 aliphatic carbocycles. The lowest BCUT2D eigenvalue weighted by molar-refractivity contribution is -0.0400. The van der Waals surface area contributed by atoms with E-state index in [0.717, 1.165) is 25.3 Å². The highest BCUT2D eigenvalue weighted by molar-refractivity contribution is 5.84. The number of benzene rings is 1. The van der Waals surface area contributed by atoms with Gasteiger partial charge >= 0.3 is 0 Å². The number of nitrogens with one attached hydrogen (secondary N) is 1. The fraction of sp³-hybridized carbons (Fsp3) is 0.300. The average molecular weight is 391 g/mol. The summed E-state index contributed by atoms with van der Waals surface area (Å²) >= 11 is 0. The van der Waals surface area contributed by atoms with Crippen LogP contribution in [0.1, 0.15) is 5.56 Å². The standard InChI is InChI=1S/C20H21N7O2/c1-2-4-16(5-3-1)23-19-18-20(22-14-21-19)27(25-24-18)12-17-11-26(7-9-29-17)10-15-6-8-28-13-15/h1-6,8,13-14,17H,7,9-12H2,(H,21,22,23)/t17-/m1/s1. The minimum absolute atomic E-state index is 0.0149. The molecule has 0 saturated carbocycles. The first kappa shape index (κ1) is 17.8. The van der Waals surface area contributed by atoms with Gasteiger partial charge in [0, 0.05) is 30.9 Å². The van der Waals surface area contributed by atoms with Gasteiger partial charge in [0.1, 0.15) is 6.33 Å². The van der Waals surface area contributed by atoms with E-state index < -0.39 is 0 Å². The Morgan fingerprint density at radius 1 is 1.14 bits per heavy atom. The Balaban J connectivity index is 1.31. The molecule has 0 spiro atoms. The number of morpholine rings is 1. The fourth-order valence-electron chi connectivity index (χ4n) is 3.53. The molecule has 3 aromatic heterocycles. The van der Waals surface area contributed by atoms with Crippen LogP contribution in [0.15, 0.2) is 59.7 Å². The highest BCUT2D eigenvalue weighted by atomic mass is 16.5. The van der Waals surface area contributed by atoms with Crippen molar-refractivity contribution in [2.24, 2.45) is 0 Å². The van der Waals surface area contributed by atoms with E-state index in [1.165, 1.54) is 11.9 Å². The third-order valence-corrected chi connectivity index (χ3v) is 4.92. The molecule has 5 rings (SSSR count). The van der Waals surface area contributed by atoms with Crippen LogP contribution in [0.5, 0.6) is 0 Å². The van der Waals surface area contributed by atoms with Crippen LogP contribution in [0.25, 0.3) is 11.2 Å². The van der Waals surface area contributed by atoms with Crippen molar-refractivity contribution >= 4 is 22.7 Å². The summed E-state index contributed by atoms with van der Waals surface area (Å²) < 4.78 is 12.9. The number of para-hydroxylation sites is 1. The SMILES string of the molecule is c1ccc(Nc2ncnc3c2nnn3C[C@H]2CN(Cc3ccoc3)CCO2)cc1. The highest BCUT2D eigenvalue weighted by Gasteiger charge is 2.23. The maximum Gasteiger partial charge on any atom is 0.183 e. The summed E-state index contributed by atoms with van der Waals surface area (Å²) in [6.07, 6.45) is 5.03. The van der Waals surface area contributed by atoms with Gasteiger partial charge in [-0.25, -0.2) is 14.6 Å². The third-order valence-electron chi connectivity index (χ3n) is 4.92. The smallest absolute Gasteiger partial charge is 0.183 e. The molecule has 1 aliphatic rings. The number of hydrogen-bond donors (Lipinski definition) is 1. The van der Waals surface area contributed by atoms with Crippen molar-refractivity contribution in [2.75, 3.05) is 25.0 Å². The molecular weight excluding hydrogens is 370 g/mol. The molecule has 1 saturated heterocycles. The van der Waals surface area contributed by atoms with E-state index in [4.69, 9.17) is 9.15 Å². The first-order valence-electron chi connectivity index (χ1n) is 9.56. The second kappa shape index (κ2) is 7.98. The Bertz CT molecular complexity index is 1070. The van der Waals surface area contributed by atoms with E-state index >= 15 is 0 Å². The summed E-state index contributed by atoms with van der Waals surface area (Å²) in [6, 6.07) is 11.8. The summed E-state index contributed by atoms with van der Waals surface area (Å²) in [7, 11) is 0. The minimum Gasteiger partial charge on any atom is -0.472 e. The molecule has 1 aliphatic heterocycles. The Hall–Kier alpha value is -3.30. The van der Waals surface area contributed by atoms with Crippen molar-refractivity contribution in [3.05, 3.63) is 60.8 Å². The number of aromatic nitrogens is 5. The van der Waals surface area contributed by atoms with Crippen molar-refractivity contribution in [2.45, 2.75) is 19.2 Å². The molecule has 4 heterocycles. The fourth-order valence-corrected chi connectivity index (χ4v) is 3.53. The largest absolute Gasteiger partial charge is 0.472 e. The van der Waals surface area contributed by atoms with Gasteiger partial charge in [-0.05, 0) is 18.2 Å². The van der Waals surface area contributed by atoms with E-state index in [1.807, 2.05) is 36.4 Å². The molecule has 29 heavy (non-hydrogen) atoms. The first-order valence-corrected chi connectivity index (χ1v) is 9.56. The van der Waals surface area contributed by atoms with Crippen LogP contribution in [-0.2, 0) is 17.8 Å². The zero-order valence-electron chi connectivity index (χ0n) is 15.8. The van der Waals surface area contributed by atoms with Crippen molar-refractivity contribution < 1.29 is 9.15 Å². The molecule has 1 fully saturated rings.